The van der Waals surface area contributed by atoms with Crippen LogP contribution < -0.4 is 25.6 Å². The quantitative estimate of drug-likeness (QED) is 0.377. The van der Waals surface area contributed by atoms with Crippen molar-refractivity contribution in [2.45, 2.75) is 36.6 Å². The number of benzene rings is 2. The van der Waals surface area contributed by atoms with Crippen molar-refractivity contribution >= 4 is 38.9 Å². The van der Waals surface area contributed by atoms with Gasteiger partial charge in [-0.2, -0.15) is 0 Å². The van der Waals surface area contributed by atoms with Crippen molar-refractivity contribution in [3.8, 4) is 5.75 Å². The van der Waals surface area contributed by atoms with Crippen LogP contribution >= 0.6 is 12.2 Å². The van der Waals surface area contributed by atoms with Gasteiger partial charge in [0.1, 0.15) is 5.75 Å². The summed E-state index contributed by atoms with van der Waals surface area (Å²) in [6, 6.07) is 12.7. The fourth-order valence-electron chi connectivity index (χ4n) is 4.49. The number of ether oxygens (including phenoxy) is 1. The second-order valence-corrected chi connectivity index (χ2v) is 10.3. The summed E-state index contributed by atoms with van der Waals surface area (Å²) in [6.07, 6.45) is 4.88. The van der Waals surface area contributed by atoms with Crippen molar-refractivity contribution < 1.29 is 17.9 Å². The molecule has 2 fully saturated rings. The monoisotopic (exact) mass is 474 g/mol. The Hall–Kier alpha value is -2.85. The number of hydrogen-bond donors (Lipinski definition) is 4. The lowest BCUT2D eigenvalue weighted by atomic mass is 9.96. The van der Waals surface area contributed by atoms with Crippen molar-refractivity contribution in [2.24, 2.45) is 11.8 Å². The Labute approximate surface area is 193 Å². The molecule has 2 saturated carbocycles. The number of sulfonamides is 1. The van der Waals surface area contributed by atoms with Crippen LogP contribution in [0.5, 0.6) is 5.75 Å². The topological polar surface area (TPSA) is 109 Å². The summed E-state index contributed by atoms with van der Waals surface area (Å²) in [4.78, 5) is 12.5. The van der Waals surface area contributed by atoms with Crippen molar-refractivity contribution in [3.05, 3.63) is 54.1 Å². The Balaban J connectivity index is 1.34. The van der Waals surface area contributed by atoms with Crippen LogP contribution in [-0.4, -0.2) is 32.6 Å². The highest BCUT2D eigenvalue weighted by atomic mass is 32.2. The summed E-state index contributed by atoms with van der Waals surface area (Å²) < 4.78 is 33.0. The van der Waals surface area contributed by atoms with Gasteiger partial charge in [0.15, 0.2) is 5.11 Å². The van der Waals surface area contributed by atoms with Crippen molar-refractivity contribution in [1.29, 1.82) is 0 Å². The van der Waals surface area contributed by atoms with Crippen LogP contribution in [0.4, 0.5) is 5.69 Å². The second kappa shape index (κ2) is 9.33. The van der Waals surface area contributed by atoms with E-state index in [1.165, 1.54) is 50.6 Å². The van der Waals surface area contributed by atoms with E-state index in [1.54, 1.807) is 24.3 Å². The van der Waals surface area contributed by atoms with Crippen LogP contribution in [0, 0.1) is 11.8 Å². The number of carbonyl (C=O) groups is 1. The lowest BCUT2D eigenvalue weighted by molar-refractivity contribution is 0.0943. The Morgan fingerprint density at radius 3 is 2.50 bits per heavy atom. The molecule has 4 N–H and O–H groups in total. The van der Waals surface area contributed by atoms with E-state index in [1.807, 2.05) is 0 Å². The lowest BCUT2D eigenvalue weighted by Crippen LogP contribution is -2.50. The number of fused-ring (bicyclic) bond motifs is 2. The third-order valence-electron chi connectivity index (χ3n) is 6.09. The highest BCUT2D eigenvalue weighted by Crippen LogP contribution is 2.44. The van der Waals surface area contributed by atoms with Gasteiger partial charge in [-0.1, -0.05) is 12.5 Å². The maximum absolute atomic E-state index is 12.7. The minimum absolute atomic E-state index is 0.0244. The average molecular weight is 475 g/mol. The number of carbonyl (C=O) groups excluding carboxylic acids is 1. The smallest absolute Gasteiger partial charge is 0.269 e. The van der Waals surface area contributed by atoms with Crippen LogP contribution in [0.15, 0.2) is 53.4 Å². The van der Waals surface area contributed by atoms with E-state index in [4.69, 9.17) is 17.0 Å². The number of anilines is 1. The van der Waals surface area contributed by atoms with Gasteiger partial charge in [0.25, 0.3) is 15.9 Å². The van der Waals surface area contributed by atoms with Gasteiger partial charge >= 0.3 is 0 Å². The predicted octanol–water partition coefficient (Wildman–Crippen LogP) is 2.79. The first kappa shape index (κ1) is 22.3. The van der Waals surface area contributed by atoms with E-state index < -0.39 is 15.9 Å². The zero-order chi connectivity index (χ0) is 22.7. The summed E-state index contributed by atoms with van der Waals surface area (Å²) in [6.45, 7) is 0. The molecule has 3 atom stereocenters. The van der Waals surface area contributed by atoms with Gasteiger partial charge in [-0.05, 0) is 85.8 Å². The molecule has 0 heterocycles. The molecule has 2 bridgehead atoms. The van der Waals surface area contributed by atoms with Crippen molar-refractivity contribution in [3.63, 3.8) is 0 Å². The summed E-state index contributed by atoms with van der Waals surface area (Å²) in [5, 5.41) is 3.64. The first-order valence-corrected chi connectivity index (χ1v) is 12.4. The largest absolute Gasteiger partial charge is 0.497 e. The lowest BCUT2D eigenvalue weighted by Gasteiger charge is -2.24. The van der Waals surface area contributed by atoms with Gasteiger partial charge in [0, 0.05) is 17.3 Å². The molecular weight excluding hydrogens is 448 g/mol. The number of rotatable bonds is 6. The van der Waals surface area contributed by atoms with Crippen LogP contribution in [-0.2, 0) is 10.0 Å². The number of hydrazine groups is 1. The van der Waals surface area contributed by atoms with Crippen LogP contribution in [0.25, 0.3) is 0 Å². The molecule has 0 saturated heterocycles. The molecule has 0 aliphatic heterocycles. The molecule has 2 aliphatic rings. The molecule has 0 spiro atoms. The van der Waals surface area contributed by atoms with Gasteiger partial charge in [-0.15, -0.1) is 0 Å². The Morgan fingerprint density at radius 1 is 1.06 bits per heavy atom. The van der Waals surface area contributed by atoms with Gasteiger partial charge in [-0.25, -0.2) is 8.42 Å². The van der Waals surface area contributed by atoms with E-state index in [0.29, 0.717) is 28.5 Å². The molecular formula is C22H26N4O4S2. The van der Waals surface area contributed by atoms with E-state index in [9.17, 15) is 13.2 Å². The minimum atomic E-state index is -3.87. The molecule has 4 rings (SSSR count). The Kier molecular flexibility index (Phi) is 6.52. The predicted molar refractivity (Wildman–Crippen MR) is 126 cm³/mol. The molecule has 2 aliphatic carbocycles. The summed E-state index contributed by atoms with van der Waals surface area (Å²) in [5.41, 5.74) is 5.84. The number of amides is 1. The zero-order valence-electron chi connectivity index (χ0n) is 17.6. The van der Waals surface area contributed by atoms with E-state index in [-0.39, 0.29) is 10.5 Å². The molecule has 0 radical (unpaired) electrons. The maximum Gasteiger partial charge on any atom is 0.269 e. The van der Waals surface area contributed by atoms with Crippen molar-refractivity contribution in [1.82, 2.24) is 16.2 Å². The fraction of sp³-hybridized carbons (Fsp3) is 0.364. The summed E-state index contributed by atoms with van der Waals surface area (Å²) in [7, 11) is -2.34. The molecule has 1 amide bonds. The third kappa shape index (κ3) is 5.13. The van der Waals surface area contributed by atoms with Gasteiger partial charge in [-0.3, -0.25) is 20.4 Å². The Bertz CT molecular complexity index is 1110. The molecule has 0 aromatic heterocycles. The molecule has 0 unspecified atom stereocenters. The highest BCUT2D eigenvalue weighted by Gasteiger charge is 2.39. The third-order valence-corrected chi connectivity index (χ3v) is 7.69. The number of methoxy groups -OCH3 is 1. The van der Waals surface area contributed by atoms with Crippen LogP contribution in [0.1, 0.15) is 36.0 Å². The highest BCUT2D eigenvalue weighted by molar-refractivity contribution is 7.92. The molecule has 2 aromatic rings. The van der Waals surface area contributed by atoms with Gasteiger partial charge in [0.05, 0.1) is 12.0 Å². The fourth-order valence-corrected chi connectivity index (χ4v) is 5.80. The summed E-state index contributed by atoms with van der Waals surface area (Å²) in [5.74, 6) is 1.57. The normalized spacial score (nSPS) is 21.6. The SMILES string of the molecule is COc1ccc(NS(=O)(=O)c2cccc(C(=O)NNC(=S)N[C@@H]3C[C@@H]4CC[C@H]3C4)c2)cc1. The van der Waals surface area contributed by atoms with Crippen LogP contribution in [0.3, 0.4) is 0 Å². The molecule has 170 valence electrons. The van der Waals surface area contributed by atoms with Gasteiger partial charge < -0.3 is 10.1 Å². The summed E-state index contributed by atoms with van der Waals surface area (Å²) >= 11 is 5.30. The van der Waals surface area contributed by atoms with Crippen molar-refractivity contribution in [2.75, 3.05) is 11.8 Å². The number of hydrogen-bond acceptors (Lipinski definition) is 5. The van der Waals surface area contributed by atoms with Crippen LogP contribution in [0.2, 0.25) is 0 Å². The number of thiocarbonyl (C=S) groups is 1. The first-order valence-electron chi connectivity index (χ1n) is 10.5. The maximum atomic E-state index is 12.7. The second-order valence-electron chi connectivity index (χ2n) is 8.20. The molecule has 2 aromatic carbocycles. The van der Waals surface area contributed by atoms with E-state index >= 15 is 0 Å². The van der Waals surface area contributed by atoms with E-state index in [0.717, 1.165) is 12.3 Å². The van der Waals surface area contributed by atoms with Gasteiger partial charge in [0.2, 0.25) is 0 Å². The molecule has 10 heteroatoms. The minimum Gasteiger partial charge on any atom is -0.497 e. The molecule has 32 heavy (non-hydrogen) atoms. The standard InChI is InChI=1S/C22H26N4O4S2/c1-30-18-9-7-17(8-10-18)26-32(28,29)19-4-2-3-16(13-19)21(27)24-25-22(31)23-20-12-14-5-6-15(20)11-14/h2-4,7-10,13-15,20,26H,5-6,11-12H2,1H3,(H,24,27)(H2,23,25,31)/t14-,15+,20-/m1/s1. The Morgan fingerprint density at radius 2 is 1.84 bits per heavy atom. The first-order chi connectivity index (χ1) is 15.3. The zero-order valence-corrected chi connectivity index (χ0v) is 19.3. The molecule has 8 nitrogen and oxygen atoms in total. The average Bonchev–Trinajstić information content (AvgIpc) is 3.41. The number of nitrogens with one attached hydrogen (secondary N) is 4. The van der Waals surface area contributed by atoms with E-state index in [2.05, 4.69) is 20.9 Å².